The molecule has 1 aliphatic rings. The highest BCUT2D eigenvalue weighted by molar-refractivity contribution is 5.95. The summed E-state index contributed by atoms with van der Waals surface area (Å²) in [6.07, 6.45) is 2.23. The summed E-state index contributed by atoms with van der Waals surface area (Å²) in [5.74, 6) is -0.0171. The van der Waals surface area contributed by atoms with Gasteiger partial charge in [0.2, 0.25) is 5.91 Å². The topological polar surface area (TPSA) is 96.2 Å². The van der Waals surface area contributed by atoms with Gasteiger partial charge in [-0.15, -0.1) is 0 Å². The van der Waals surface area contributed by atoms with E-state index in [0.717, 1.165) is 35.3 Å². The van der Waals surface area contributed by atoms with Crippen LogP contribution in [0.3, 0.4) is 0 Å². The molecule has 0 radical (unpaired) electrons. The van der Waals surface area contributed by atoms with E-state index in [1.807, 2.05) is 42.5 Å². The maximum atomic E-state index is 12.7. The Labute approximate surface area is 187 Å². The van der Waals surface area contributed by atoms with Crippen LogP contribution in [-0.4, -0.2) is 32.6 Å². The number of carbonyl (C=O) groups is 2. The Balaban J connectivity index is 1.51. The van der Waals surface area contributed by atoms with E-state index in [4.69, 9.17) is 10.2 Å². The van der Waals surface area contributed by atoms with Gasteiger partial charge in [0.1, 0.15) is 5.82 Å². The summed E-state index contributed by atoms with van der Waals surface area (Å²) in [6, 6.07) is 15.4. The van der Waals surface area contributed by atoms with Gasteiger partial charge in [0, 0.05) is 23.6 Å². The maximum absolute atomic E-state index is 12.7. The van der Waals surface area contributed by atoms with E-state index >= 15 is 0 Å². The number of amides is 2. The molecule has 0 aliphatic heterocycles. The van der Waals surface area contributed by atoms with Crippen molar-refractivity contribution in [1.29, 1.82) is 0 Å². The molecule has 168 valence electrons. The molecule has 1 aliphatic carbocycles. The number of para-hydroxylation sites is 2. The molecule has 1 fully saturated rings. The minimum atomic E-state index is -0.439. The van der Waals surface area contributed by atoms with Crippen molar-refractivity contribution < 1.29 is 14.8 Å². The highest BCUT2D eigenvalue weighted by Gasteiger charge is 2.34. The van der Waals surface area contributed by atoms with Gasteiger partial charge >= 0.3 is 0 Å². The number of imidazole rings is 1. The standard InChI is InChI=1S/C25H30N4O3/c1-25(2,3)24-27-20-8-4-5-10-21(20)29(24)15-16-11-13-17(14-12-16)22(30)26-19-9-6-7-18(19)23(31)28-32/h4-5,8,10-14,18-19,32H,6-7,9,15H2,1-3H3,(H,26,30)(H,28,31). The average Bonchev–Trinajstić information content (AvgIpc) is 3.38. The number of nitrogens with one attached hydrogen (secondary N) is 2. The molecule has 2 aromatic carbocycles. The van der Waals surface area contributed by atoms with Gasteiger partial charge in [0.25, 0.3) is 5.91 Å². The Hall–Kier alpha value is -3.19. The van der Waals surface area contributed by atoms with Crippen LogP contribution in [0.1, 0.15) is 61.8 Å². The largest absolute Gasteiger partial charge is 0.349 e. The molecule has 0 saturated heterocycles. The molecule has 7 nitrogen and oxygen atoms in total. The van der Waals surface area contributed by atoms with Gasteiger partial charge in [-0.05, 0) is 42.7 Å². The van der Waals surface area contributed by atoms with E-state index in [1.165, 1.54) is 0 Å². The van der Waals surface area contributed by atoms with E-state index in [-0.39, 0.29) is 17.4 Å². The SMILES string of the molecule is CC(C)(C)c1nc2ccccc2n1Cc1ccc(C(=O)NC2CCCC2C(=O)NO)cc1. The third-order valence-corrected chi connectivity index (χ3v) is 6.16. The summed E-state index contributed by atoms with van der Waals surface area (Å²) < 4.78 is 2.24. The summed E-state index contributed by atoms with van der Waals surface area (Å²) >= 11 is 0. The van der Waals surface area contributed by atoms with Gasteiger partial charge in [-0.1, -0.05) is 51.5 Å². The number of fused-ring (bicyclic) bond motifs is 1. The van der Waals surface area contributed by atoms with Crippen LogP contribution in [0.15, 0.2) is 48.5 Å². The van der Waals surface area contributed by atoms with E-state index in [0.29, 0.717) is 18.5 Å². The molecule has 1 saturated carbocycles. The van der Waals surface area contributed by atoms with Crippen molar-refractivity contribution >= 4 is 22.8 Å². The first-order valence-electron chi connectivity index (χ1n) is 11.1. The zero-order valence-electron chi connectivity index (χ0n) is 18.8. The third kappa shape index (κ3) is 4.39. The number of carbonyl (C=O) groups excluding carboxylic acids is 2. The predicted molar refractivity (Wildman–Crippen MR) is 123 cm³/mol. The summed E-state index contributed by atoms with van der Waals surface area (Å²) in [4.78, 5) is 29.4. The normalized spacial score (nSPS) is 18.6. The molecule has 32 heavy (non-hydrogen) atoms. The zero-order valence-corrected chi connectivity index (χ0v) is 18.8. The van der Waals surface area contributed by atoms with Crippen molar-refractivity contribution in [3.05, 3.63) is 65.5 Å². The molecule has 0 spiro atoms. The smallest absolute Gasteiger partial charge is 0.251 e. The first kappa shape index (κ1) is 22.0. The molecule has 3 aromatic rings. The highest BCUT2D eigenvalue weighted by atomic mass is 16.5. The number of hydrogen-bond donors (Lipinski definition) is 3. The quantitative estimate of drug-likeness (QED) is 0.421. The molecule has 2 amide bonds. The van der Waals surface area contributed by atoms with Crippen molar-refractivity contribution in [2.75, 3.05) is 0 Å². The van der Waals surface area contributed by atoms with Crippen LogP contribution in [0, 0.1) is 5.92 Å². The molecule has 4 rings (SSSR count). The van der Waals surface area contributed by atoms with Gasteiger partial charge in [-0.25, -0.2) is 10.5 Å². The zero-order chi connectivity index (χ0) is 22.9. The average molecular weight is 435 g/mol. The fourth-order valence-corrected chi connectivity index (χ4v) is 4.53. The first-order chi connectivity index (χ1) is 15.3. The number of aromatic nitrogens is 2. The molecular formula is C25H30N4O3. The van der Waals surface area contributed by atoms with Crippen molar-refractivity contribution in [1.82, 2.24) is 20.3 Å². The van der Waals surface area contributed by atoms with Gasteiger partial charge in [-0.2, -0.15) is 0 Å². The molecule has 7 heteroatoms. The van der Waals surface area contributed by atoms with Crippen LogP contribution in [0.5, 0.6) is 0 Å². The predicted octanol–water partition coefficient (Wildman–Crippen LogP) is 3.79. The lowest BCUT2D eigenvalue weighted by Crippen LogP contribution is -2.43. The second-order valence-corrected chi connectivity index (χ2v) is 9.55. The van der Waals surface area contributed by atoms with Crippen LogP contribution in [0.25, 0.3) is 11.0 Å². The first-order valence-corrected chi connectivity index (χ1v) is 11.1. The van der Waals surface area contributed by atoms with E-state index < -0.39 is 11.8 Å². The van der Waals surface area contributed by atoms with Gasteiger partial charge in [-0.3, -0.25) is 14.8 Å². The Kier molecular flexibility index (Phi) is 6.02. The van der Waals surface area contributed by atoms with Gasteiger partial charge in [0.15, 0.2) is 0 Å². The molecule has 3 N–H and O–H groups in total. The monoisotopic (exact) mass is 434 g/mol. The van der Waals surface area contributed by atoms with Crippen LogP contribution < -0.4 is 10.8 Å². The van der Waals surface area contributed by atoms with Gasteiger partial charge < -0.3 is 9.88 Å². The summed E-state index contributed by atoms with van der Waals surface area (Å²) in [7, 11) is 0. The molecule has 2 unspecified atom stereocenters. The number of hydrogen-bond acceptors (Lipinski definition) is 4. The van der Waals surface area contributed by atoms with Crippen LogP contribution in [0.4, 0.5) is 0 Å². The third-order valence-electron chi connectivity index (χ3n) is 6.16. The van der Waals surface area contributed by atoms with Crippen molar-refractivity contribution in [2.24, 2.45) is 5.92 Å². The minimum absolute atomic E-state index is 0.0997. The van der Waals surface area contributed by atoms with Crippen LogP contribution >= 0.6 is 0 Å². The number of benzene rings is 2. The Morgan fingerprint density at radius 3 is 2.50 bits per heavy atom. The molecular weight excluding hydrogens is 404 g/mol. The second-order valence-electron chi connectivity index (χ2n) is 9.55. The number of rotatable bonds is 5. The lowest BCUT2D eigenvalue weighted by molar-refractivity contribution is -0.133. The fraction of sp³-hybridized carbons (Fsp3) is 0.400. The molecule has 1 heterocycles. The number of hydroxylamine groups is 1. The van der Waals surface area contributed by atoms with Crippen molar-refractivity contribution in [3.8, 4) is 0 Å². The van der Waals surface area contributed by atoms with Crippen LogP contribution in [0.2, 0.25) is 0 Å². The Bertz CT molecular complexity index is 1130. The van der Waals surface area contributed by atoms with E-state index in [1.54, 1.807) is 5.48 Å². The van der Waals surface area contributed by atoms with E-state index in [9.17, 15) is 9.59 Å². The molecule has 0 bridgehead atoms. The summed E-state index contributed by atoms with van der Waals surface area (Å²) in [6.45, 7) is 7.14. The lowest BCUT2D eigenvalue weighted by atomic mass is 9.95. The molecule has 1 aromatic heterocycles. The van der Waals surface area contributed by atoms with Crippen molar-refractivity contribution in [3.63, 3.8) is 0 Å². The Morgan fingerprint density at radius 1 is 1.09 bits per heavy atom. The summed E-state index contributed by atoms with van der Waals surface area (Å²) in [5, 5.41) is 11.9. The molecule has 2 atom stereocenters. The van der Waals surface area contributed by atoms with Crippen molar-refractivity contribution in [2.45, 2.75) is 58.0 Å². The van der Waals surface area contributed by atoms with Gasteiger partial charge in [0.05, 0.1) is 17.0 Å². The van der Waals surface area contributed by atoms with E-state index in [2.05, 4.69) is 36.7 Å². The second kappa shape index (κ2) is 8.74. The highest BCUT2D eigenvalue weighted by Crippen LogP contribution is 2.28. The fourth-order valence-electron chi connectivity index (χ4n) is 4.53. The maximum Gasteiger partial charge on any atom is 0.251 e. The summed E-state index contributed by atoms with van der Waals surface area (Å²) in [5.41, 5.74) is 5.31. The Morgan fingerprint density at radius 2 is 1.81 bits per heavy atom. The minimum Gasteiger partial charge on any atom is -0.349 e. The lowest BCUT2D eigenvalue weighted by Gasteiger charge is -2.21. The number of nitrogens with zero attached hydrogens (tertiary/aromatic N) is 2. The van der Waals surface area contributed by atoms with Crippen LogP contribution in [-0.2, 0) is 16.8 Å².